The highest BCUT2D eigenvalue weighted by atomic mass is 32.2. The maximum Gasteiger partial charge on any atom is 0.339 e. The fourth-order valence-corrected chi connectivity index (χ4v) is 4.13. The van der Waals surface area contributed by atoms with E-state index in [9.17, 15) is 23.9 Å². The minimum absolute atomic E-state index is 0.141. The molecule has 3 N–H and O–H groups in total. The summed E-state index contributed by atoms with van der Waals surface area (Å²) < 4.78 is 13.5. The smallest absolute Gasteiger partial charge is 0.339 e. The Morgan fingerprint density at radius 3 is 2.67 bits per heavy atom. The van der Waals surface area contributed by atoms with Crippen LogP contribution in [0.3, 0.4) is 0 Å². The maximum absolute atomic E-state index is 13.4. The molecule has 7 nitrogen and oxygen atoms in total. The first-order chi connectivity index (χ1) is 14.2. The van der Waals surface area contributed by atoms with Crippen LogP contribution in [0.4, 0.5) is 10.1 Å². The third kappa shape index (κ3) is 4.50. The van der Waals surface area contributed by atoms with Crippen molar-refractivity contribution in [3.63, 3.8) is 0 Å². The summed E-state index contributed by atoms with van der Waals surface area (Å²) in [4.78, 5) is 37.9. The van der Waals surface area contributed by atoms with Crippen LogP contribution in [0, 0.1) is 5.82 Å². The van der Waals surface area contributed by atoms with Gasteiger partial charge in [-0.15, -0.1) is 0 Å². The average molecular weight is 446 g/mol. The summed E-state index contributed by atoms with van der Waals surface area (Å²) in [6, 6.07) is 8.30. The van der Waals surface area contributed by atoms with Crippen molar-refractivity contribution in [3.8, 4) is 5.75 Å². The molecule has 154 valence electrons. The molecule has 1 atom stereocenters. The van der Waals surface area contributed by atoms with E-state index in [-0.39, 0.29) is 20.5 Å². The van der Waals surface area contributed by atoms with Gasteiger partial charge < -0.3 is 15.5 Å². The molecule has 10 heteroatoms. The largest absolute Gasteiger partial charge is 0.507 e. The van der Waals surface area contributed by atoms with Gasteiger partial charge in [0.2, 0.25) is 5.91 Å². The topological polar surface area (TPSA) is 107 Å². The molecule has 1 saturated heterocycles. The number of hydrogen-bond acceptors (Lipinski definition) is 6. The van der Waals surface area contributed by atoms with Gasteiger partial charge in [0.15, 0.2) is 0 Å². The monoisotopic (exact) mass is 446 g/mol. The van der Waals surface area contributed by atoms with E-state index in [1.165, 1.54) is 37.3 Å². The molecule has 1 heterocycles. The van der Waals surface area contributed by atoms with Crippen LogP contribution in [0.1, 0.15) is 22.8 Å². The number of carbonyl (C=O) groups excluding carboxylic acids is 2. The molecule has 1 fully saturated rings. The second-order valence-corrected chi connectivity index (χ2v) is 7.98. The number of thioether (sulfide) groups is 1. The first-order valence-electron chi connectivity index (χ1n) is 8.57. The molecule has 0 aliphatic carbocycles. The van der Waals surface area contributed by atoms with Crippen molar-refractivity contribution in [2.75, 3.05) is 5.32 Å². The number of amides is 2. The molecular weight excluding hydrogens is 431 g/mol. The molecular formula is C20H15FN2O5S2. The molecule has 30 heavy (non-hydrogen) atoms. The Morgan fingerprint density at radius 2 is 2.00 bits per heavy atom. The molecule has 2 amide bonds. The Balaban J connectivity index is 1.77. The fourth-order valence-electron chi connectivity index (χ4n) is 2.71. The van der Waals surface area contributed by atoms with Crippen LogP contribution in [0.5, 0.6) is 5.75 Å². The van der Waals surface area contributed by atoms with Crippen molar-refractivity contribution in [2.45, 2.75) is 13.0 Å². The quantitative estimate of drug-likeness (QED) is 0.367. The van der Waals surface area contributed by atoms with Crippen LogP contribution >= 0.6 is 24.0 Å². The van der Waals surface area contributed by atoms with Crippen LogP contribution in [-0.2, 0) is 9.59 Å². The SMILES string of the molecule is CC(C(=O)Nc1ccc(O)c(C(=O)O)c1)N1C(=O)/C(=C/c2cccc(F)c2)SC1=S. The molecule has 0 spiro atoms. The number of phenols is 1. The van der Waals surface area contributed by atoms with Crippen LogP contribution < -0.4 is 5.32 Å². The third-order valence-electron chi connectivity index (χ3n) is 4.23. The standard InChI is InChI=1S/C20H15FN2O5S2/c1-10(17(25)22-13-5-6-15(24)14(9-13)19(27)28)23-18(26)16(30-20(23)29)8-11-3-2-4-12(21)7-11/h2-10,24H,1H3,(H,22,25)(H,27,28)/b16-8-. The number of carbonyl (C=O) groups is 3. The van der Waals surface area contributed by atoms with E-state index in [0.29, 0.717) is 5.56 Å². The second kappa shape index (κ2) is 8.64. The fraction of sp³-hybridized carbons (Fsp3) is 0.100. The summed E-state index contributed by atoms with van der Waals surface area (Å²) in [6.45, 7) is 1.48. The molecule has 1 aliphatic rings. The molecule has 2 aromatic carbocycles. The highest BCUT2D eigenvalue weighted by Crippen LogP contribution is 2.34. The number of rotatable bonds is 5. The molecule has 0 bridgehead atoms. The Morgan fingerprint density at radius 1 is 1.27 bits per heavy atom. The Hall–Kier alpha value is -3.24. The van der Waals surface area contributed by atoms with Gasteiger partial charge in [-0.25, -0.2) is 9.18 Å². The maximum atomic E-state index is 13.4. The van der Waals surface area contributed by atoms with E-state index in [1.807, 2.05) is 0 Å². The second-order valence-electron chi connectivity index (χ2n) is 6.31. The summed E-state index contributed by atoms with van der Waals surface area (Å²) in [6.07, 6.45) is 1.49. The van der Waals surface area contributed by atoms with Crippen molar-refractivity contribution >= 4 is 57.8 Å². The van der Waals surface area contributed by atoms with Crippen molar-refractivity contribution < 1.29 is 29.0 Å². The zero-order valence-electron chi connectivity index (χ0n) is 15.5. The van der Waals surface area contributed by atoms with Crippen molar-refractivity contribution in [1.82, 2.24) is 4.90 Å². The van der Waals surface area contributed by atoms with E-state index in [4.69, 9.17) is 17.3 Å². The van der Waals surface area contributed by atoms with Crippen molar-refractivity contribution in [2.24, 2.45) is 0 Å². The highest BCUT2D eigenvalue weighted by Gasteiger charge is 2.38. The minimum Gasteiger partial charge on any atom is -0.507 e. The van der Waals surface area contributed by atoms with E-state index in [1.54, 1.807) is 6.07 Å². The number of benzene rings is 2. The Bertz CT molecular complexity index is 1100. The summed E-state index contributed by atoms with van der Waals surface area (Å²) >= 11 is 6.23. The Kier molecular flexibility index (Phi) is 6.18. The minimum atomic E-state index is -1.35. The number of nitrogens with zero attached hydrogens (tertiary/aromatic N) is 1. The van der Waals surface area contributed by atoms with Crippen LogP contribution in [0.25, 0.3) is 6.08 Å². The molecule has 1 aliphatic heterocycles. The predicted octanol–water partition coefficient (Wildman–Crippen LogP) is 3.46. The predicted molar refractivity (Wildman–Crippen MR) is 115 cm³/mol. The first-order valence-corrected chi connectivity index (χ1v) is 9.79. The molecule has 0 radical (unpaired) electrons. The van der Waals surface area contributed by atoms with E-state index >= 15 is 0 Å². The van der Waals surface area contributed by atoms with E-state index in [2.05, 4.69) is 5.32 Å². The number of thiocarbonyl (C=S) groups is 1. The number of anilines is 1. The van der Waals surface area contributed by atoms with Crippen LogP contribution in [0.2, 0.25) is 0 Å². The number of nitrogens with one attached hydrogen (secondary N) is 1. The lowest BCUT2D eigenvalue weighted by Gasteiger charge is -2.22. The van der Waals surface area contributed by atoms with Crippen molar-refractivity contribution in [1.29, 1.82) is 0 Å². The van der Waals surface area contributed by atoms with Gasteiger partial charge in [0.25, 0.3) is 5.91 Å². The summed E-state index contributed by atoms with van der Waals surface area (Å²) in [7, 11) is 0. The Labute approximate surface area is 180 Å². The third-order valence-corrected chi connectivity index (χ3v) is 5.56. The number of carboxylic acids is 1. The van der Waals surface area contributed by atoms with Crippen molar-refractivity contribution in [3.05, 3.63) is 64.3 Å². The normalized spacial score (nSPS) is 16.1. The van der Waals surface area contributed by atoms with Gasteiger partial charge in [0.1, 0.15) is 27.5 Å². The van der Waals surface area contributed by atoms with Gasteiger partial charge in [-0.05, 0) is 48.9 Å². The highest BCUT2D eigenvalue weighted by molar-refractivity contribution is 8.26. The lowest BCUT2D eigenvalue weighted by atomic mass is 10.1. The molecule has 2 aromatic rings. The number of aromatic carboxylic acids is 1. The zero-order valence-corrected chi connectivity index (χ0v) is 17.1. The lowest BCUT2D eigenvalue weighted by molar-refractivity contribution is -0.129. The zero-order chi connectivity index (χ0) is 22.0. The van der Waals surface area contributed by atoms with Gasteiger partial charge in [-0.1, -0.05) is 36.1 Å². The molecule has 0 aromatic heterocycles. The van der Waals surface area contributed by atoms with Gasteiger partial charge in [-0.2, -0.15) is 0 Å². The van der Waals surface area contributed by atoms with E-state index < -0.39 is 35.4 Å². The number of aromatic hydroxyl groups is 1. The molecule has 1 unspecified atom stereocenters. The summed E-state index contributed by atoms with van der Waals surface area (Å²) in [5, 5.41) is 21.1. The lowest BCUT2D eigenvalue weighted by Crippen LogP contribution is -2.44. The summed E-state index contributed by atoms with van der Waals surface area (Å²) in [5.74, 6) is -3.32. The van der Waals surface area contributed by atoms with E-state index in [0.717, 1.165) is 28.8 Å². The first kappa shape index (κ1) is 21.5. The number of carboxylic acid groups (broad SMARTS) is 1. The van der Waals surface area contributed by atoms with Gasteiger partial charge in [0.05, 0.1) is 4.91 Å². The number of hydrogen-bond donors (Lipinski definition) is 3. The van der Waals surface area contributed by atoms with Gasteiger partial charge >= 0.3 is 5.97 Å². The van der Waals surface area contributed by atoms with Crippen LogP contribution in [-0.4, -0.2) is 43.3 Å². The summed E-state index contributed by atoms with van der Waals surface area (Å²) in [5.41, 5.74) is 0.254. The van der Waals surface area contributed by atoms with Crippen LogP contribution in [0.15, 0.2) is 47.4 Å². The van der Waals surface area contributed by atoms with Gasteiger partial charge in [0, 0.05) is 5.69 Å². The average Bonchev–Trinajstić information content (AvgIpc) is 2.95. The number of halogens is 1. The molecule has 0 saturated carbocycles. The molecule has 3 rings (SSSR count). The van der Waals surface area contributed by atoms with Gasteiger partial charge in [-0.3, -0.25) is 14.5 Å².